The van der Waals surface area contributed by atoms with E-state index in [1.165, 1.54) is 16.3 Å². The van der Waals surface area contributed by atoms with E-state index in [2.05, 4.69) is 137 Å². The summed E-state index contributed by atoms with van der Waals surface area (Å²) in [6, 6.07) is 57.3. The van der Waals surface area contributed by atoms with Crippen LogP contribution in [0, 0.1) is 0 Å². The summed E-state index contributed by atoms with van der Waals surface area (Å²) in [7, 11) is 0. The zero-order valence-electron chi connectivity index (χ0n) is 24.3. The lowest BCUT2D eigenvalue weighted by Gasteiger charge is -2.27. The second kappa shape index (κ2) is 10.2. The van der Waals surface area contributed by atoms with Crippen LogP contribution in [0.1, 0.15) is 0 Å². The van der Waals surface area contributed by atoms with E-state index in [1.54, 1.807) is 0 Å². The van der Waals surface area contributed by atoms with E-state index < -0.39 is 0 Å². The van der Waals surface area contributed by atoms with E-state index in [4.69, 9.17) is 9.40 Å². The summed E-state index contributed by atoms with van der Waals surface area (Å²) in [5, 5.41) is 4.62. The largest absolute Gasteiger partial charge is 0.436 e. The van der Waals surface area contributed by atoms with E-state index in [0.717, 1.165) is 55.7 Å². The third-order valence-electron chi connectivity index (χ3n) is 8.60. The van der Waals surface area contributed by atoms with E-state index in [0.29, 0.717) is 5.89 Å². The number of anilines is 3. The second-order valence-corrected chi connectivity index (χ2v) is 11.2. The molecule has 0 aliphatic heterocycles. The molecule has 0 amide bonds. The highest BCUT2D eigenvalue weighted by Gasteiger charge is 2.20. The molecule has 4 nitrogen and oxygen atoms in total. The quantitative estimate of drug-likeness (QED) is 0.204. The number of hydrogen-bond acceptors (Lipinski definition) is 3. The summed E-state index contributed by atoms with van der Waals surface area (Å²) in [5.74, 6) is 0.627. The monoisotopic (exact) mass is 577 g/mol. The Balaban J connectivity index is 1.29. The van der Waals surface area contributed by atoms with Crippen molar-refractivity contribution >= 4 is 60.7 Å². The first kappa shape index (κ1) is 25.4. The van der Waals surface area contributed by atoms with Crippen molar-refractivity contribution in [2.45, 2.75) is 0 Å². The minimum absolute atomic E-state index is 0.627. The van der Waals surface area contributed by atoms with E-state index in [-0.39, 0.29) is 0 Å². The molecule has 0 bridgehead atoms. The molecule has 0 saturated heterocycles. The smallest absolute Gasteiger partial charge is 0.227 e. The summed E-state index contributed by atoms with van der Waals surface area (Å²) in [6.45, 7) is 0. The van der Waals surface area contributed by atoms with E-state index in [1.807, 2.05) is 36.4 Å². The molecule has 9 rings (SSSR count). The predicted molar refractivity (Wildman–Crippen MR) is 186 cm³/mol. The van der Waals surface area contributed by atoms with Crippen LogP contribution in [-0.4, -0.2) is 9.55 Å². The van der Waals surface area contributed by atoms with Crippen molar-refractivity contribution in [3.05, 3.63) is 164 Å². The molecule has 2 heterocycles. The number of fused-ring (bicyclic) bond motifs is 6. The normalized spacial score (nSPS) is 11.6. The van der Waals surface area contributed by atoms with Crippen LogP contribution in [0.25, 0.3) is 60.8 Å². The van der Waals surface area contributed by atoms with Gasteiger partial charge in [0.05, 0.1) is 16.7 Å². The van der Waals surface area contributed by atoms with Gasteiger partial charge in [0, 0.05) is 44.2 Å². The Hall–Kier alpha value is -6.13. The van der Waals surface area contributed by atoms with Crippen LogP contribution in [0.4, 0.5) is 17.1 Å². The first-order chi connectivity index (χ1) is 22.3. The highest BCUT2D eigenvalue weighted by atomic mass is 16.3. The molecular weight excluding hydrogens is 550 g/mol. The Labute approximate surface area is 260 Å². The standard InChI is InChI=1S/C41H27N3O/c1-4-13-28(14-5-1)41-42-40-35-20-12-22-36(34(35)25-26-39(40)45-41)43(29-15-6-2-7-16-29)31-23-24-33-32-19-10-11-21-37(32)44(38(33)27-31)30-17-8-3-9-18-30/h1-27H. The molecule has 0 saturated carbocycles. The average molecular weight is 578 g/mol. The van der Waals surface area contributed by atoms with Crippen LogP contribution >= 0.6 is 0 Å². The number of aromatic nitrogens is 2. The van der Waals surface area contributed by atoms with Gasteiger partial charge in [-0.1, -0.05) is 91.0 Å². The summed E-state index contributed by atoms with van der Waals surface area (Å²) in [6.07, 6.45) is 0. The number of oxazole rings is 1. The van der Waals surface area contributed by atoms with Gasteiger partial charge >= 0.3 is 0 Å². The first-order valence-electron chi connectivity index (χ1n) is 15.1. The van der Waals surface area contributed by atoms with Crippen LogP contribution in [-0.2, 0) is 0 Å². The van der Waals surface area contributed by atoms with Gasteiger partial charge in [0.1, 0.15) is 5.52 Å². The fourth-order valence-electron chi connectivity index (χ4n) is 6.59. The first-order valence-corrected chi connectivity index (χ1v) is 15.1. The molecular formula is C41H27N3O. The lowest BCUT2D eigenvalue weighted by molar-refractivity contribution is 0.620. The van der Waals surface area contributed by atoms with Crippen molar-refractivity contribution in [3.63, 3.8) is 0 Å². The fourth-order valence-corrected chi connectivity index (χ4v) is 6.59. The molecule has 9 aromatic rings. The van der Waals surface area contributed by atoms with Crippen molar-refractivity contribution in [1.29, 1.82) is 0 Å². The summed E-state index contributed by atoms with van der Waals surface area (Å²) >= 11 is 0. The maximum absolute atomic E-state index is 6.24. The van der Waals surface area contributed by atoms with E-state index in [9.17, 15) is 0 Å². The van der Waals surface area contributed by atoms with Gasteiger partial charge in [-0.05, 0) is 72.8 Å². The lowest BCUT2D eigenvalue weighted by Crippen LogP contribution is -2.10. The maximum atomic E-state index is 6.24. The minimum Gasteiger partial charge on any atom is -0.436 e. The van der Waals surface area contributed by atoms with Crippen molar-refractivity contribution in [2.24, 2.45) is 0 Å². The zero-order chi connectivity index (χ0) is 29.7. The molecule has 2 aromatic heterocycles. The molecule has 0 aliphatic rings. The van der Waals surface area contributed by atoms with Gasteiger partial charge < -0.3 is 13.9 Å². The number of hydrogen-bond donors (Lipinski definition) is 0. The van der Waals surface area contributed by atoms with Gasteiger partial charge in [-0.2, -0.15) is 0 Å². The Bertz CT molecular complexity index is 2480. The van der Waals surface area contributed by atoms with Gasteiger partial charge in [-0.25, -0.2) is 4.98 Å². The molecule has 0 unspecified atom stereocenters. The Morgan fingerprint density at radius 2 is 1.16 bits per heavy atom. The van der Waals surface area contributed by atoms with Crippen LogP contribution < -0.4 is 4.90 Å². The Morgan fingerprint density at radius 3 is 1.98 bits per heavy atom. The molecule has 45 heavy (non-hydrogen) atoms. The summed E-state index contributed by atoms with van der Waals surface area (Å²) < 4.78 is 8.60. The zero-order valence-corrected chi connectivity index (χ0v) is 24.3. The topological polar surface area (TPSA) is 34.2 Å². The molecule has 7 aromatic carbocycles. The van der Waals surface area contributed by atoms with Gasteiger partial charge in [0.2, 0.25) is 5.89 Å². The molecule has 0 spiro atoms. The summed E-state index contributed by atoms with van der Waals surface area (Å²) in [4.78, 5) is 7.32. The molecule has 0 radical (unpaired) electrons. The lowest BCUT2D eigenvalue weighted by atomic mass is 10.0. The third-order valence-corrected chi connectivity index (χ3v) is 8.60. The third kappa shape index (κ3) is 4.11. The van der Waals surface area contributed by atoms with Crippen molar-refractivity contribution in [3.8, 4) is 17.1 Å². The average Bonchev–Trinajstić information content (AvgIpc) is 3.70. The number of para-hydroxylation sites is 3. The molecule has 0 N–H and O–H groups in total. The predicted octanol–water partition coefficient (Wildman–Crippen LogP) is 11.2. The molecule has 0 fully saturated rings. The number of rotatable bonds is 5. The van der Waals surface area contributed by atoms with Crippen LogP contribution in [0.15, 0.2) is 168 Å². The SMILES string of the molecule is c1ccc(-c2nc3c(ccc4c(N(c5ccccc5)c5ccc6c7ccccc7n(-c7ccccc7)c6c5)cccc43)o2)cc1. The number of nitrogens with zero attached hydrogens (tertiary/aromatic N) is 3. The summed E-state index contributed by atoms with van der Waals surface area (Å²) in [5.41, 5.74) is 9.32. The van der Waals surface area contributed by atoms with Gasteiger partial charge in [0.15, 0.2) is 5.58 Å². The van der Waals surface area contributed by atoms with Crippen LogP contribution in [0.3, 0.4) is 0 Å². The fraction of sp³-hybridized carbons (Fsp3) is 0. The van der Waals surface area contributed by atoms with Gasteiger partial charge in [-0.15, -0.1) is 0 Å². The van der Waals surface area contributed by atoms with Crippen molar-refractivity contribution in [1.82, 2.24) is 9.55 Å². The molecule has 0 atom stereocenters. The Kier molecular flexibility index (Phi) is 5.78. The number of benzene rings is 7. The van der Waals surface area contributed by atoms with Crippen molar-refractivity contribution in [2.75, 3.05) is 4.90 Å². The minimum atomic E-state index is 0.627. The molecule has 0 aliphatic carbocycles. The highest BCUT2D eigenvalue weighted by Crippen LogP contribution is 2.43. The Morgan fingerprint density at radius 1 is 0.489 bits per heavy atom. The van der Waals surface area contributed by atoms with Gasteiger partial charge in [-0.3, -0.25) is 0 Å². The maximum Gasteiger partial charge on any atom is 0.227 e. The van der Waals surface area contributed by atoms with Gasteiger partial charge in [0.25, 0.3) is 0 Å². The van der Waals surface area contributed by atoms with Crippen LogP contribution in [0.2, 0.25) is 0 Å². The van der Waals surface area contributed by atoms with Crippen LogP contribution in [0.5, 0.6) is 0 Å². The van der Waals surface area contributed by atoms with Crippen molar-refractivity contribution < 1.29 is 4.42 Å². The van der Waals surface area contributed by atoms with E-state index >= 15 is 0 Å². The molecule has 212 valence electrons. The second-order valence-electron chi connectivity index (χ2n) is 11.2. The highest BCUT2D eigenvalue weighted by molar-refractivity contribution is 6.12. The molecule has 4 heteroatoms.